The van der Waals surface area contributed by atoms with Crippen LogP contribution in [0.2, 0.25) is 0 Å². The molecule has 2 heterocycles. The monoisotopic (exact) mass is 446 g/mol. The van der Waals surface area contributed by atoms with Crippen molar-refractivity contribution in [3.63, 3.8) is 0 Å². The number of methoxy groups -OCH3 is 2. The van der Waals surface area contributed by atoms with Gasteiger partial charge in [0.15, 0.2) is 0 Å². The maximum absolute atomic E-state index is 12.6. The van der Waals surface area contributed by atoms with E-state index in [0.29, 0.717) is 10.7 Å². The second kappa shape index (κ2) is 8.97. The van der Waals surface area contributed by atoms with Gasteiger partial charge < -0.3 is 14.4 Å². The van der Waals surface area contributed by atoms with Crippen molar-refractivity contribution >= 4 is 44.0 Å². The van der Waals surface area contributed by atoms with Crippen LogP contribution in [-0.2, 0) is 29.1 Å². The maximum atomic E-state index is 12.6. The largest absolute Gasteiger partial charge is 0.465 e. The van der Waals surface area contributed by atoms with E-state index in [1.54, 1.807) is 35.9 Å². The fraction of sp³-hybridized carbons (Fsp3) is 0.100. The minimum Gasteiger partial charge on any atom is -0.465 e. The molecular weight excluding hydrogens is 428 g/mol. The molecule has 156 valence electrons. The lowest BCUT2D eigenvalue weighted by atomic mass is 10.1. The second-order valence-electron chi connectivity index (χ2n) is 5.89. The number of anilines is 2. The molecule has 0 fully saturated rings. The Morgan fingerprint density at radius 2 is 1.70 bits per heavy atom. The first kappa shape index (κ1) is 21.3. The van der Waals surface area contributed by atoms with E-state index in [-0.39, 0.29) is 16.2 Å². The Balaban J connectivity index is 1.99. The molecule has 0 spiro atoms. The first-order valence-corrected chi connectivity index (χ1v) is 10.9. The van der Waals surface area contributed by atoms with Crippen molar-refractivity contribution in [3.05, 3.63) is 77.5 Å². The number of rotatable bonds is 6. The Morgan fingerprint density at radius 1 is 1.00 bits per heavy atom. The smallest absolute Gasteiger partial charge is 0.355 e. The van der Waals surface area contributed by atoms with Gasteiger partial charge in [0.2, 0.25) is 0 Å². The van der Waals surface area contributed by atoms with Gasteiger partial charge in [0.05, 0.1) is 24.7 Å². The predicted molar refractivity (Wildman–Crippen MR) is 113 cm³/mol. The van der Waals surface area contributed by atoms with Gasteiger partial charge in [-0.2, -0.15) is 0 Å². The predicted octanol–water partition coefficient (Wildman–Crippen LogP) is 3.04. The third-order valence-electron chi connectivity index (χ3n) is 4.07. The van der Waals surface area contributed by atoms with Crippen LogP contribution < -0.4 is 9.62 Å². The molecule has 0 aliphatic carbocycles. The molecule has 0 atom stereocenters. The number of esters is 2. The minimum absolute atomic E-state index is 0.00501. The molecule has 0 amide bonds. The van der Waals surface area contributed by atoms with E-state index in [9.17, 15) is 18.0 Å². The molecule has 8 nitrogen and oxygen atoms in total. The molecule has 0 unspecified atom stereocenters. The SMILES string of the molecule is COC(=O)C1=C(C(=O)OC)N(c2ccc(S(=O)(=O)Nc3cccs3)cc2)C=CC=C1. The van der Waals surface area contributed by atoms with Crippen LogP contribution in [0.5, 0.6) is 0 Å². The highest BCUT2D eigenvalue weighted by atomic mass is 32.2. The van der Waals surface area contributed by atoms with Crippen LogP contribution in [0.4, 0.5) is 10.7 Å². The van der Waals surface area contributed by atoms with Crippen molar-refractivity contribution < 1.29 is 27.5 Å². The number of nitrogens with zero attached hydrogens (tertiary/aromatic N) is 1. The summed E-state index contributed by atoms with van der Waals surface area (Å²) in [5.41, 5.74) is 0.402. The molecule has 10 heteroatoms. The second-order valence-corrected chi connectivity index (χ2v) is 8.52. The number of benzene rings is 1. The number of nitrogens with one attached hydrogen (secondary N) is 1. The van der Waals surface area contributed by atoms with Gasteiger partial charge in [0.1, 0.15) is 10.7 Å². The molecule has 2 aromatic rings. The van der Waals surface area contributed by atoms with Crippen LogP contribution in [0.15, 0.2) is 82.4 Å². The van der Waals surface area contributed by atoms with Gasteiger partial charge >= 0.3 is 11.9 Å². The van der Waals surface area contributed by atoms with E-state index < -0.39 is 22.0 Å². The van der Waals surface area contributed by atoms with E-state index in [0.717, 1.165) is 0 Å². The topological polar surface area (TPSA) is 102 Å². The summed E-state index contributed by atoms with van der Waals surface area (Å²) < 4.78 is 37.2. The van der Waals surface area contributed by atoms with Gasteiger partial charge in [-0.1, -0.05) is 6.08 Å². The van der Waals surface area contributed by atoms with Crippen molar-refractivity contribution in [2.24, 2.45) is 0 Å². The molecular formula is C20H18N2O6S2. The average molecular weight is 447 g/mol. The van der Waals surface area contributed by atoms with Gasteiger partial charge in [-0.3, -0.25) is 4.72 Å². The standard InChI is InChI=1S/C20H18N2O6S2/c1-27-19(23)16-6-3-4-12-22(18(16)20(24)28-2)14-8-10-15(11-9-14)30(25,26)21-17-7-5-13-29-17/h3-13,21H,1-2H3. The van der Waals surface area contributed by atoms with Crippen molar-refractivity contribution in [1.29, 1.82) is 0 Å². The fourth-order valence-corrected chi connectivity index (χ4v) is 4.61. The molecule has 1 N–H and O–H groups in total. The van der Waals surface area contributed by atoms with Gasteiger partial charge in [0, 0.05) is 11.9 Å². The van der Waals surface area contributed by atoms with Gasteiger partial charge in [-0.15, -0.1) is 11.3 Å². The zero-order valence-corrected chi connectivity index (χ0v) is 17.7. The molecule has 3 rings (SSSR count). The van der Waals surface area contributed by atoms with Crippen LogP contribution >= 0.6 is 11.3 Å². The molecule has 1 aromatic heterocycles. The number of sulfonamides is 1. The van der Waals surface area contributed by atoms with E-state index in [1.807, 2.05) is 0 Å². The molecule has 1 aliphatic heterocycles. The van der Waals surface area contributed by atoms with Crippen LogP contribution in [-0.4, -0.2) is 34.6 Å². The summed E-state index contributed by atoms with van der Waals surface area (Å²) in [7, 11) is -1.36. The number of hydrogen-bond donors (Lipinski definition) is 1. The molecule has 0 saturated carbocycles. The lowest BCUT2D eigenvalue weighted by Crippen LogP contribution is -2.27. The first-order valence-electron chi connectivity index (χ1n) is 8.59. The van der Waals surface area contributed by atoms with E-state index >= 15 is 0 Å². The molecule has 0 bridgehead atoms. The Labute approximate surface area is 177 Å². The van der Waals surface area contributed by atoms with Gasteiger partial charge in [-0.05, 0) is 53.9 Å². The normalized spacial score (nSPS) is 13.7. The highest BCUT2D eigenvalue weighted by molar-refractivity contribution is 7.93. The third-order valence-corrected chi connectivity index (χ3v) is 6.37. The first-order chi connectivity index (χ1) is 14.4. The van der Waals surface area contributed by atoms with E-state index in [4.69, 9.17) is 9.47 Å². The lowest BCUT2D eigenvalue weighted by molar-refractivity contribution is -0.139. The lowest BCUT2D eigenvalue weighted by Gasteiger charge is -2.23. The zero-order chi connectivity index (χ0) is 21.7. The molecule has 30 heavy (non-hydrogen) atoms. The Bertz CT molecular complexity index is 1130. The van der Waals surface area contributed by atoms with E-state index in [1.165, 1.54) is 60.8 Å². The summed E-state index contributed by atoms with van der Waals surface area (Å²) in [6, 6.07) is 9.26. The number of carbonyl (C=O) groups excluding carboxylic acids is 2. The molecule has 0 saturated heterocycles. The fourth-order valence-electron chi connectivity index (χ4n) is 2.68. The van der Waals surface area contributed by atoms with Gasteiger partial charge in [0.25, 0.3) is 10.0 Å². The quantitative estimate of drug-likeness (QED) is 0.681. The van der Waals surface area contributed by atoms with Crippen LogP contribution in [0.25, 0.3) is 0 Å². The molecule has 0 radical (unpaired) electrons. The summed E-state index contributed by atoms with van der Waals surface area (Å²) >= 11 is 1.27. The Hall–Kier alpha value is -3.37. The van der Waals surface area contributed by atoms with Crippen LogP contribution in [0, 0.1) is 0 Å². The van der Waals surface area contributed by atoms with Crippen LogP contribution in [0.1, 0.15) is 0 Å². The van der Waals surface area contributed by atoms with Crippen molar-refractivity contribution in [3.8, 4) is 0 Å². The summed E-state index contributed by atoms with van der Waals surface area (Å²) in [5.74, 6) is -1.46. The van der Waals surface area contributed by atoms with Crippen molar-refractivity contribution in [1.82, 2.24) is 0 Å². The summed E-state index contributed by atoms with van der Waals surface area (Å²) in [6.07, 6.45) is 6.21. The number of thiophene rings is 1. The Morgan fingerprint density at radius 3 is 2.30 bits per heavy atom. The van der Waals surface area contributed by atoms with Crippen molar-refractivity contribution in [2.45, 2.75) is 4.90 Å². The summed E-state index contributed by atoms with van der Waals surface area (Å²) in [5, 5.41) is 2.26. The van der Waals surface area contributed by atoms with Crippen molar-refractivity contribution in [2.75, 3.05) is 23.8 Å². The highest BCUT2D eigenvalue weighted by Crippen LogP contribution is 2.28. The average Bonchev–Trinajstić information content (AvgIpc) is 3.15. The number of carbonyl (C=O) groups is 2. The van der Waals surface area contributed by atoms with Gasteiger partial charge in [-0.25, -0.2) is 18.0 Å². The summed E-state index contributed by atoms with van der Waals surface area (Å²) in [6.45, 7) is 0. The third kappa shape index (κ3) is 4.44. The maximum Gasteiger partial charge on any atom is 0.355 e. The number of hydrogen-bond acceptors (Lipinski definition) is 8. The molecule has 1 aromatic carbocycles. The number of ether oxygens (including phenoxy) is 2. The minimum atomic E-state index is -3.77. The van der Waals surface area contributed by atoms with E-state index in [2.05, 4.69) is 4.72 Å². The number of allylic oxidation sites excluding steroid dienone is 2. The Kier molecular flexibility index (Phi) is 6.38. The summed E-state index contributed by atoms with van der Waals surface area (Å²) in [4.78, 5) is 26.1. The zero-order valence-electron chi connectivity index (χ0n) is 16.1. The van der Waals surface area contributed by atoms with Crippen LogP contribution in [0.3, 0.4) is 0 Å². The highest BCUT2D eigenvalue weighted by Gasteiger charge is 2.27. The molecule has 1 aliphatic rings.